The smallest absolute Gasteiger partial charge is 0.412 e. The average Bonchev–Trinajstić information content (AvgIpc) is 2.44. The highest BCUT2D eigenvalue weighted by atomic mass is 16.5. The number of nitrogens with one attached hydrogen (secondary N) is 1. The summed E-state index contributed by atoms with van der Waals surface area (Å²) in [4.78, 5) is 16.1. The van der Waals surface area contributed by atoms with Crippen LogP contribution in [0.4, 0.5) is 10.6 Å². The van der Waals surface area contributed by atoms with Crippen molar-refractivity contribution in [3.63, 3.8) is 0 Å². The number of carbonyl (C=O) groups excluding carboxylic acids is 1. The predicted molar refractivity (Wildman–Crippen MR) is 80.7 cm³/mol. The number of carbonyl (C=O) groups is 1. The van der Waals surface area contributed by atoms with Gasteiger partial charge in [0.05, 0.1) is 12.1 Å². The van der Waals surface area contributed by atoms with Crippen LogP contribution in [0.5, 0.6) is 0 Å². The Balaban J connectivity index is 1.96. The Bertz CT molecular complexity index is 596. The van der Waals surface area contributed by atoms with E-state index < -0.39 is 6.09 Å². The summed E-state index contributed by atoms with van der Waals surface area (Å²) < 4.78 is 5.19. The highest BCUT2D eigenvalue weighted by Gasteiger charge is 2.11. The molecule has 20 heavy (non-hydrogen) atoms. The molecule has 2 rings (SSSR count). The minimum Gasteiger partial charge on any atom is -0.449 e. The van der Waals surface area contributed by atoms with Gasteiger partial charge in [0.15, 0.2) is 0 Å². The first-order valence-electron chi connectivity index (χ1n) is 6.86. The maximum atomic E-state index is 11.7. The van der Waals surface area contributed by atoms with Crippen LogP contribution < -0.4 is 5.32 Å². The fourth-order valence-corrected chi connectivity index (χ4v) is 1.68. The third-order valence-corrected chi connectivity index (χ3v) is 3.44. The average molecular weight is 272 g/mol. The molecule has 1 amide bonds. The third-order valence-electron chi connectivity index (χ3n) is 3.44. The summed E-state index contributed by atoms with van der Waals surface area (Å²) in [5.41, 5.74) is 0.848. The van der Waals surface area contributed by atoms with E-state index in [0.29, 0.717) is 24.3 Å². The van der Waals surface area contributed by atoms with E-state index in [0.717, 1.165) is 10.9 Å². The molecule has 4 heteroatoms. The number of ether oxygens (including phenoxy) is 1. The summed E-state index contributed by atoms with van der Waals surface area (Å²) in [7, 11) is 0. The lowest BCUT2D eigenvalue weighted by molar-refractivity contribution is 0.133. The number of fused-ring (bicyclic) bond motifs is 1. The van der Waals surface area contributed by atoms with Crippen molar-refractivity contribution in [3.05, 3.63) is 36.4 Å². The fourth-order valence-electron chi connectivity index (χ4n) is 1.68. The molecule has 1 heterocycles. The normalized spacial score (nSPS) is 12.4. The monoisotopic (exact) mass is 272 g/mol. The van der Waals surface area contributed by atoms with E-state index in [1.54, 1.807) is 6.07 Å². The summed E-state index contributed by atoms with van der Waals surface area (Å²) in [6, 6.07) is 11.5. The Hall–Kier alpha value is -2.10. The molecule has 1 unspecified atom stereocenters. The first-order chi connectivity index (χ1) is 9.56. The second-order valence-electron chi connectivity index (χ2n) is 5.33. The maximum Gasteiger partial charge on any atom is 0.412 e. The minimum atomic E-state index is -0.458. The zero-order valence-electron chi connectivity index (χ0n) is 12.1. The molecule has 2 aromatic rings. The molecule has 1 aromatic carbocycles. The van der Waals surface area contributed by atoms with E-state index in [1.807, 2.05) is 30.3 Å². The fraction of sp³-hybridized carbons (Fsp3) is 0.375. The number of nitrogens with zero attached hydrogens (tertiary/aromatic N) is 1. The lowest BCUT2D eigenvalue weighted by Gasteiger charge is -2.15. The van der Waals surface area contributed by atoms with E-state index in [4.69, 9.17) is 4.74 Å². The van der Waals surface area contributed by atoms with Crippen LogP contribution in [0.25, 0.3) is 10.9 Å². The molecule has 0 fully saturated rings. The number of pyridine rings is 1. The van der Waals surface area contributed by atoms with Crippen LogP contribution in [0.1, 0.15) is 20.8 Å². The van der Waals surface area contributed by atoms with Gasteiger partial charge in [0, 0.05) is 5.39 Å². The number of aromatic nitrogens is 1. The van der Waals surface area contributed by atoms with Crippen LogP contribution in [0.2, 0.25) is 0 Å². The van der Waals surface area contributed by atoms with Crippen LogP contribution in [0.15, 0.2) is 36.4 Å². The first kappa shape index (κ1) is 14.3. The van der Waals surface area contributed by atoms with Gasteiger partial charge in [0.25, 0.3) is 0 Å². The largest absolute Gasteiger partial charge is 0.449 e. The summed E-state index contributed by atoms with van der Waals surface area (Å²) in [5, 5.41) is 3.70. The number of amides is 1. The number of para-hydroxylation sites is 1. The van der Waals surface area contributed by atoms with Gasteiger partial charge in [-0.05, 0) is 30.0 Å². The molecule has 0 spiro atoms. The molecule has 106 valence electrons. The van der Waals surface area contributed by atoms with Gasteiger partial charge in [0.2, 0.25) is 0 Å². The van der Waals surface area contributed by atoms with Crippen LogP contribution in [-0.2, 0) is 4.74 Å². The summed E-state index contributed by atoms with van der Waals surface area (Å²) in [5.74, 6) is 1.33. The SMILES string of the molecule is CC(C)C(C)COC(=O)Nc1ccc2ccccc2n1. The zero-order chi connectivity index (χ0) is 14.5. The number of hydrogen-bond acceptors (Lipinski definition) is 3. The summed E-state index contributed by atoms with van der Waals surface area (Å²) >= 11 is 0. The molecule has 0 saturated carbocycles. The standard InChI is InChI=1S/C16H20N2O2/c1-11(2)12(3)10-20-16(19)18-15-9-8-13-6-4-5-7-14(13)17-15/h4-9,11-12H,10H2,1-3H3,(H,17,18,19). The van der Waals surface area contributed by atoms with E-state index in [-0.39, 0.29) is 0 Å². The highest BCUT2D eigenvalue weighted by molar-refractivity contribution is 5.86. The minimum absolute atomic E-state index is 0.338. The van der Waals surface area contributed by atoms with Crippen molar-refractivity contribution in [3.8, 4) is 0 Å². The number of hydrogen-bond donors (Lipinski definition) is 1. The molecule has 0 saturated heterocycles. The summed E-state index contributed by atoms with van der Waals surface area (Å²) in [6.45, 7) is 6.69. The van der Waals surface area contributed by atoms with Crippen molar-refractivity contribution >= 4 is 22.8 Å². The Kier molecular flexibility index (Phi) is 4.56. The number of rotatable bonds is 4. The van der Waals surface area contributed by atoms with Gasteiger partial charge in [-0.25, -0.2) is 9.78 Å². The molecule has 4 nitrogen and oxygen atoms in total. The van der Waals surface area contributed by atoms with Gasteiger partial charge in [0.1, 0.15) is 5.82 Å². The molecule has 0 aliphatic carbocycles. The molecule has 0 bridgehead atoms. The van der Waals surface area contributed by atoms with Crippen molar-refractivity contribution in [2.24, 2.45) is 11.8 Å². The lowest BCUT2D eigenvalue weighted by Crippen LogP contribution is -2.20. The molecule has 0 radical (unpaired) electrons. The van der Waals surface area contributed by atoms with Crippen LogP contribution in [-0.4, -0.2) is 17.7 Å². The number of benzene rings is 1. The van der Waals surface area contributed by atoms with Gasteiger partial charge < -0.3 is 4.74 Å². The highest BCUT2D eigenvalue weighted by Crippen LogP contribution is 2.15. The number of anilines is 1. The van der Waals surface area contributed by atoms with Crippen LogP contribution >= 0.6 is 0 Å². The van der Waals surface area contributed by atoms with Crippen LogP contribution in [0.3, 0.4) is 0 Å². The molecule has 1 N–H and O–H groups in total. The van der Waals surface area contributed by atoms with Crippen molar-refractivity contribution in [1.29, 1.82) is 0 Å². The lowest BCUT2D eigenvalue weighted by atomic mass is 10.00. The van der Waals surface area contributed by atoms with Crippen LogP contribution in [0, 0.1) is 11.8 Å². The second-order valence-corrected chi connectivity index (χ2v) is 5.33. The van der Waals surface area contributed by atoms with Crippen molar-refractivity contribution in [2.75, 3.05) is 11.9 Å². The van der Waals surface area contributed by atoms with E-state index in [1.165, 1.54) is 0 Å². The quantitative estimate of drug-likeness (QED) is 0.912. The Morgan fingerprint density at radius 3 is 2.70 bits per heavy atom. The van der Waals surface area contributed by atoms with E-state index in [9.17, 15) is 4.79 Å². The first-order valence-corrected chi connectivity index (χ1v) is 6.86. The van der Waals surface area contributed by atoms with Crippen molar-refractivity contribution in [2.45, 2.75) is 20.8 Å². The van der Waals surface area contributed by atoms with Gasteiger partial charge in [-0.3, -0.25) is 5.32 Å². The molecular formula is C16H20N2O2. The molecular weight excluding hydrogens is 252 g/mol. The molecule has 1 aromatic heterocycles. The van der Waals surface area contributed by atoms with E-state index in [2.05, 4.69) is 31.1 Å². The molecule has 0 aliphatic heterocycles. The summed E-state index contributed by atoms with van der Waals surface area (Å²) in [6.07, 6.45) is -0.458. The zero-order valence-corrected chi connectivity index (χ0v) is 12.1. The van der Waals surface area contributed by atoms with Crippen molar-refractivity contribution in [1.82, 2.24) is 4.98 Å². The van der Waals surface area contributed by atoms with E-state index >= 15 is 0 Å². The second kappa shape index (κ2) is 6.37. The Morgan fingerprint density at radius 2 is 1.95 bits per heavy atom. The van der Waals surface area contributed by atoms with Crippen molar-refractivity contribution < 1.29 is 9.53 Å². The maximum absolute atomic E-state index is 11.7. The van der Waals surface area contributed by atoms with Gasteiger partial charge in [-0.2, -0.15) is 0 Å². The topological polar surface area (TPSA) is 51.2 Å². The van der Waals surface area contributed by atoms with Gasteiger partial charge in [-0.1, -0.05) is 39.0 Å². The van der Waals surface area contributed by atoms with Gasteiger partial charge >= 0.3 is 6.09 Å². The predicted octanol–water partition coefficient (Wildman–Crippen LogP) is 4.08. The Labute approximate surface area is 119 Å². The molecule has 1 atom stereocenters. The Morgan fingerprint density at radius 1 is 1.20 bits per heavy atom. The van der Waals surface area contributed by atoms with Gasteiger partial charge in [-0.15, -0.1) is 0 Å². The molecule has 0 aliphatic rings. The third kappa shape index (κ3) is 3.70.